The highest BCUT2D eigenvalue weighted by molar-refractivity contribution is 5.83. The molecule has 1 aliphatic heterocycles. The summed E-state index contributed by atoms with van der Waals surface area (Å²) in [5, 5.41) is 5.45. The lowest BCUT2D eigenvalue weighted by Gasteiger charge is -2.26. The van der Waals surface area contributed by atoms with Gasteiger partial charge in [-0.05, 0) is 63.9 Å². The number of benzene rings is 1. The molecule has 3 aromatic rings. The third-order valence-electron chi connectivity index (χ3n) is 5.82. The van der Waals surface area contributed by atoms with Crippen LogP contribution in [0.1, 0.15) is 38.3 Å². The van der Waals surface area contributed by atoms with Gasteiger partial charge >= 0.3 is 6.09 Å². The Hall–Kier alpha value is -2.87. The van der Waals surface area contributed by atoms with E-state index in [1.807, 2.05) is 30.4 Å². The summed E-state index contributed by atoms with van der Waals surface area (Å²) in [6, 6.07) is 6.86. The molecule has 8 heteroatoms. The molecule has 1 unspecified atom stereocenters. The average Bonchev–Trinajstić information content (AvgIpc) is 3.46. The molecule has 2 aromatic heterocycles. The summed E-state index contributed by atoms with van der Waals surface area (Å²) in [7, 11) is 2.15. The van der Waals surface area contributed by atoms with Crippen molar-refractivity contribution in [3.05, 3.63) is 48.2 Å². The Labute approximate surface area is 183 Å². The highest BCUT2D eigenvalue weighted by Gasteiger charge is 2.31. The number of nitrogens with zero attached hydrogens (tertiary/aromatic N) is 5. The van der Waals surface area contributed by atoms with Gasteiger partial charge in [0.2, 0.25) is 0 Å². The maximum absolute atomic E-state index is 12.3. The quantitative estimate of drug-likeness (QED) is 0.657. The fourth-order valence-electron chi connectivity index (χ4n) is 4.11. The molecular formula is C23H32N6O2. The lowest BCUT2D eigenvalue weighted by molar-refractivity contribution is 0.0282. The number of aromatic amines is 1. The van der Waals surface area contributed by atoms with Gasteiger partial charge in [-0.1, -0.05) is 6.07 Å². The van der Waals surface area contributed by atoms with Crippen molar-refractivity contribution >= 4 is 17.0 Å². The van der Waals surface area contributed by atoms with Crippen molar-refractivity contribution in [1.29, 1.82) is 0 Å². The fourth-order valence-corrected chi connectivity index (χ4v) is 4.11. The molecule has 1 fully saturated rings. The minimum atomic E-state index is -0.455. The number of hydrogen-bond acceptors (Lipinski definition) is 5. The zero-order chi connectivity index (χ0) is 22.0. The lowest BCUT2D eigenvalue weighted by Crippen LogP contribution is -2.39. The Balaban J connectivity index is 1.35. The fraction of sp³-hybridized carbons (Fsp3) is 0.522. The summed E-state index contributed by atoms with van der Waals surface area (Å²) in [6.07, 6.45) is 7.12. The molecule has 1 aliphatic rings. The number of rotatable bonds is 6. The van der Waals surface area contributed by atoms with Gasteiger partial charge in [-0.25, -0.2) is 14.5 Å². The first-order valence-corrected chi connectivity index (χ1v) is 10.9. The van der Waals surface area contributed by atoms with Crippen LogP contribution in [0.4, 0.5) is 4.79 Å². The molecule has 1 aromatic carbocycles. The predicted molar refractivity (Wildman–Crippen MR) is 120 cm³/mol. The number of amides is 1. The zero-order valence-corrected chi connectivity index (χ0v) is 18.8. The molecule has 1 N–H and O–H groups in total. The van der Waals surface area contributed by atoms with Gasteiger partial charge in [0.05, 0.1) is 6.54 Å². The zero-order valence-electron chi connectivity index (χ0n) is 18.8. The first kappa shape index (κ1) is 21.4. The molecule has 1 saturated heterocycles. The van der Waals surface area contributed by atoms with Gasteiger partial charge in [-0.15, -0.1) is 0 Å². The highest BCUT2D eigenvalue weighted by Crippen LogP contribution is 2.23. The molecule has 0 spiro atoms. The third-order valence-corrected chi connectivity index (χ3v) is 5.82. The van der Waals surface area contributed by atoms with Crippen LogP contribution in [0.2, 0.25) is 0 Å². The van der Waals surface area contributed by atoms with Crippen LogP contribution in [-0.2, 0) is 17.7 Å². The van der Waals surface area contributed by atoms with E-state index in [0.29, 0.717) is 12.6 Å². The summed E-state index contributed by atoms with van der Waals surface area (Å²) >= 11 is 0. The van der Waals surface area contributed by atoms with Crippen molar-refractivity contribution in [3.8, 4) is 0 Å². The Kier molecular flexibility index (Phi) is 6.00. The molecule has 0 bridgehead atoms. The van der Waals surface area contributed by atoms with E-state index in [1.165, 1.54) is 16.5 Å². The summed E-state index contributed by atoms with van der Waals surface area (Å²) in [6.45, 7) is 8.84. The van der Waals surface area contributed by atoms with Crippen LogP contribution in [0.15, 0.2) is 37.1 Å². The minimum Gasteiger partial charge on any atom is -0.444 e. The summed E-state index contributed by atoms with van der Waals surface area (Å²) in [5.74, 6) is 0. The molecule has 31 heavy (non-hydrogen) atoms. The standard InChI is InChI=1S/C23H32N6O2/c1-23(2,3)31-22(30)28-10-8-19(14-28)27(4)9-7-18-12-25-21-6-5-17(11-20(18)21)13-29-16-24-15-26-29/h5-6,11-12,15-16,19,25H,7-10,13-14H2,1-4H3. The smallest absolute Gasteiger partial charge is 0.410 e. The molecule has 3 heterocycles. The lowest BCUT2D eigenvalue weighted by atomic mass is 10.1. The normalized spacial score (nSPS) is 17.1. The van der Waals surface area contributed by atoms with E-state index in [2.05, 4.69) is 51.4 Å². The molecule has 0 aliphatic carbocycles. The molecular weight excluding hydrogens is 392 g/mol. The number of carbonyl (C=O) groups excluding carboxylic acids is 1. The number of hydrogen-bond donors (Lipinski definition) is 1. The van der Waals surface area contributed by atoms with Gasteiger partial charge in [-0.3, -0.25) is 0 Å². The molecule has 1 atom stereocenters. The Morgan fingerprint density at radius 1 is 1.35 bits per heavy atom. The molecule has 1 amide bonds. The highest BCUT2D eigenvalue weighted by atomic mass is 16.6. The van der Waals surface area contributed by atoms with E-state index in [9.17, 15) is 4.79 Å². The monoisotopic (exact) mass is 424 g/mol. The first-order chi connectivity index (χ1) is 14.8. The topological polar surface area (TPSA) is 79.3 Å². The molecule has 0 radical (unpaired) electrons. The SMILES string of the molecule is CN(CCc1c[nH]c2ccc(Cn3cncn3)cc12)C1CCN(C(=O)OC(C)(C)C)C1. The van der Waals surface area contributed by atoms with Crippen LogP contribution in [0.5, 0.6) is 0 Å². The number of fused-ring (bicyclic) bond motifs is 1. The van der Waals surface area contributed by atoms with E-state index >= 15 is 0 Å². The van der Waals surface area contributed by atoms with E-state index in [4.69, 9.17) is 4.74 Å². The number of H-pyrrole nitrogens is 1. The number of carbonyl (C=O) groups is 1. The Morgan fingerprint density at radius 3 is 2.94 bits per heavy atom. The van der Waals surface area contributed by atoms with Gasteiger partial charge in [0, 0.05) is 42.8 Å². The molecule has 0 saturated carbocycles. The van der Waals surface area contributed by atoms with Crippen molar-refractivity contribution in [3.63, 3.8) is 0 Å². The predicted octanol–water partition coefficient (Wildman–Crippen LogP) is 3.29. The number of ether oxygens (including phenoxy) is 1. The molecule has 4 rings (SSSR count). The average molecular weight is 425 g/mol. The van der Waals surface area contributed by atoms with Crippen molar-refractivity contribution in [2.45, 2.75) is 51.8 Å². The number of likely N-dealkylation sites (N-methyl/N-ethyl adjacent to an activating group) is 1. The number of nitrogens with one attached hydrogen (secondary N) is 1. The van der Waals surface area contributed by atoms with Crippen LogP contribution in [0.3, 0.4) is 0 Å². The Morgan fingerprint density at radius 2 is 2.19 bits per heavy atom. The Bertz CT molecular complexity index is 1020. The van der Waals surface area contributed by atoms with E-state index in [1.54, 1.807) is 12.7 Å². The van der Waals surface area contributed by atoms with E-state index in [0.717, 1.165) is 38.0 Å². The van der Waals surface area contributed by atoms with Gasteiger partial charge < -0.3 is 19.5 Å². The second kappa shape index (κ2) is 8.70. The summed E-state index contributed by atoms with van der Waals surface area (Å²) < 4.78 is 7.35. The second-order valence-corrected chi connectivity index (χ2v) is 9.39. The number of likely N-dealkylation sites (tertiary alicyclic amines) is 1. The van der Waals surface area contributed by atoms with E-state index in [-0.39, 0.29) is 6.09 Å². The summed E-state index contributed by atoms with van der Waals surface area (Å²) in [5.41, 5.74) is 3.21. The molecule has 166 valence electrons. The maximum atomic E-state index is 12.3. The van der Waals surface area contributed by atoms with Gasteiger partial charge in [0.1, 0.15) is 18.3 Å². The molecule has 8 nitrogen and oxygen atoms in total. The van der Waals surface area contributed by atoms with Gasteiger partial charge in [0.25, 0.3) is 0 Å². The number of aromatic nitrogens is 4. The largest absolute Gasteiger partial charge is 0.444 e. The van der Waals surface area contributed by atoms with Gasteiger partial charge in [0.15, 0.2) is 0 Å². The maximum Gasteiger partial charge on any atom is 0.410 e. The van der Waals surface area contributed by atoms with Crippen LogP contribution in [-0.4, -0.2) is 74.0 Å². The van der Waals surface area contributed by atoms with Crippen LogP contribution >= 0.6 is 0 Å². The van der Waals surface area contributed by atoms with Crippen molar-refractivity contribution in [1.82, 2.24) is 29.5 Å². The van der Waals surface area contributed by atoms with Crippen molar-refractivity contribution < 1.29 is 9.53 Å². The first-order valence-electron chi connectivity index (χ1n) is 10.9. The van der Waals surface area contributed by atoms with Crippen molar-refractivity contribution in [2.75, 3.05) is 26.7 Å². The van der Waals surface area contributed by atoms with E-state index < -0.39 is 5.60 Å². The second-order valence-electron chi connectivity index (χ2n) is 9.39. The van der Waals surface area contributed by atoms with Crippen LogP contribution in [0.25, 0.3) is 10.9 Å². The minimum absolute atomic E-state index is 0.208. The van der Waals surface area contributed by atoms with Gasteiger partial charge in [-0.2, -0.15) is 5.10 Å². The summed E-state index contributed by atoms with van der Waals surface area (Å²) in [4.78, 5) is 23.9. The van der Waals surface area contributed by atoms with Crippen molar-refractivity contribution in [2.24, 2.45) is 0 Å². The van der Waals surface area contributed by atoms with Crippen LogP contribution < -0.4 is 0 Å². The third kappa shape index (κ3) is 5.25. The van der Waals surface area contributed by atoms with Crippen LogP contribution in [0, 0.1) is 0 Å².